The zero-order valence-electron chi connectivity index (χ0n) is 16.9. The van der Waals surface area contributed by atoms with Crippen molar-refractivity contribution in [2.24, 2.45) is 0 Å². The highest BCUT2D eigenvalue weighted by molar-refractivity contribution is 7.93. The number of esters is 1. The van der Waals surface area contributed by atoms with Crippen molar-refractivity contribution >= 4 is 39.2 Å². The Kier molecular flexibility index (Phi) is 6.10. The fourth-order valence-corrected chi connectivity index (χ4v) is 5.18. The van der Waals surface area contributed by atoms with E-state index in [2.05, 4.69) is 5.32 Å². The molecule has 0 aliphatic carbocycles. The van der Waals surface area contributed by atoms with Crippen molar-refractivity contribution < 1.29 is 22.7 Å². The molecule has 2 aromatic rings. The quantitative estimate of drug-likeness (QED) is 0.706. The fourth-order valence-electron chi connectivity index (χ4n) is 3.17. The Balaban J connectivity index is 1.82. The van der Waals surface area contributed by atoms with Crippen LogP contribution >= 0.6 is 11.6 Å². The van der Waals surface area contributed by atoms with E-state index in [1.165, 1.54) is 22.5 Å². The van der Waals surface area contributed by atoms with Crippen molar-refractivity contribution in [3.8, 4) is 0 Å². The minimum absolute atomic E-state index is 0.00130. The van der Waals surface area contributed by atoms with Gasteiger partial charge in [-0.05, 0) is 57.0 Å². The highest BCUT2D eigenvalue weighted by atomic mass is 35.5. The Hall–Kier alpha value is -2.58. The molecule has 160 valence electrons. The predicted molar refractivity (Wildman–Crippen MR) is 114 cm³/mol. The van der Waals surface area contributed by atoms with Crippen molar-refractivity contribution in [1.82, 2.24) is 5.32 Å². The lowest BCUT2D eigenvalue weighted by atomic mass is 10.1. The van der Waals surface area contributed by atoms with Gasteiger partial charge in [0.1, 0.15) is 4.90 Å². The smallest absolute Gasteiger partial charge is 0.338 e. The van der Waals surface area contributed by atoms with Gasteiger partial charge in [-0.25, -0.2) is 13.2 Å². The third kappa shape index (κ3) is 4.76. The summed E-state index contributed by atoms with van der Waals surface area (Å²) in [5.74, 6) is -1.26. The van der Waals surface area contributed by atoms with Crippen molar-refractivity contribution in [2.75, 3.05) is 17.5 Å². The van der Waals surface area contributed by atoms with Crippen LogP contribution in [0, 0.1) is 0 Å². The molecule has 0 unspecified atom stereocenters. The zero-order valence-corrected chi connectivity index (χ0v) is 18.5. The van der Waals surface area contributed by atoms with E-state index in [1.807, 2.05) is 12.1 Å². The molecular formula is C21H23ClN2O5S. The number of carbonyl (C=O) groups excluding carboxylic acids is 2. The van der Waals surface area contributed by atoms with Crippen LogP contribution in [0.15, 0.2) is 47.4 Å². The summed E-state index contributed by atoms with van der Waals surface area (Å²) in [6.07, 6.45) is 0.595. The van der Waals surface area contributed by atoms with E-state index in [1.54, 1.807) is 32.9 Å². The first-order valence-corrected chi connectivity index (χ1v) is 11.2. The molecule has 1 amide bonds. The monoisotopic (exact) mass is 450 g/mol. The molecule has 0 radical (unpaired) electrons. The molecule has 0 atom stereocenters. The van der Waals surface area contributed by atoms with Gasteiger partial charge in [0.25, 0.3) is 15.9 Å². The summed E-state index contributed by atoms with van der Waals surface area (Å²) in [5, 5.41) is 2.68. The minimum Gasteiger partial charge on any atom is -0.452 e. The van der Waals surface area contributed by atoms with Crippen LogP contribution in [0.3, 0.4) is 0 Å². The number of amides is 1. The second kappa shape index (κ2) is 8.28. The van der Waals surface area contributed by atoms with Crippen LogP contribution in [0.25, 0.3) is 0 Å². The third-order valence-corrected chi connectivity index (χ3v) is 6.72. The molecule has 0 spiro atoms. The van der Waals surface area contributed by atoms with Gasteiger partial charge in [-0.15, -0.1) is 0 Å². The first kappa shape index (κ1) is 22.1. The SMILES string of the molecule is CC(C)(C)NC(=O)COC(=O)c1ccc(Cl)c(S(=O)(=O)N2CCc3ccccc32)c1. The van der Waals surface area contributed by atoms with Gasteiger partial charge in [-0.2, -0.15) is 0 Å². The maximum absolute atomic E-state index is 13.2. The lowest BCUT2D eigenvalue weighted by Gasteiger charge is -2.21. The molecular weight excluding hydrogens is 428 g/mol. The minimum atomic E-state index is -3.98. The fraction of sp³-hybridized carbons (Fsp3) is 0.333. The number of hydrogen-bond acceptors (Lipinski definition) is 5. The van der Waals surface area contributed by atoms with Gasteiger partial charge in [0.2, 0.25) is 0 Å². The summed E-state index contributed by atoms with van der Waals surface area (Å²) in [6.45, 7) is 5.23. The Labute approximate surface area is 181 Å². The van der Waals surface area contributed by atoms with Crippen molar-refractivity contribution in [3.05, 3.63) is 58.6 Å². The number of nitrogens with one attached hydrogen (secondary N) is 1. The Morgan fingerprint density at radius 2 is 1.87 bits per heavy atom. The molecule has 0 bridgehead atoms. The van der Waals surface area contributed by atoms with Gasteiger partial charge in [-0.3, -0.25) is 9.10 Å². The number of rotatable bonds is 5. The summed E-state index contributed by atoms with van der Waals surface area (Å²) >= 11 is 6.17. The van der Waals surface area contributed by atoms with E-state index in [0.29, 0.717) is 18.7 Å². The van der Waals surface area contributed by atoms with Crippen LogP contribution in [0.1, 0.15) is 36.7 Å². The number of hydrogen-bond donors (Lipinski definition) is 1. The molecule has 0 saturated heterocycles. The molecule has 3 rings (SSSR count). The molecule has 1 heterocycles. The summed E-state index contributed by atoms with van der Waals surface area (Å²) in [7, 11) is -3.98. The van der Waals surface area contributed by atoms with E-state index < -0.39 is 34.0 Å². The van der Waals surface area contributed by atoms with Gasteiger partial charge in [0, 0.05) is 12.1 Å². The number of halogens is 1. The average molecular weight is 451 g/mol. The molecule has 0 fully saturated rings. The Morgan fingerprint density at radius 3 is 2.57 bits per heavy atom. The molecule has 30 heavy (non-hydrogen) atoms. The van der Waals surface area contributed by atoms with Crippen molar-refractivity contribution in [1.29, 1.82) is 0 Å². The third-order valence-electron chi connectivity index (χ3n) is 4.43. The normalized spacial score (nSPS) is 13.7. The van der Waals surface area contributed by atoms with Crippen LogP contribution in [-0.2, 0) is 26.0 Å². The maximum Gasteiger partial charge on any atom is 0.338 e. The molecule has 9 heteroatoms. The highest BCUT2D eigenvalue weighted by Crippen LogP contribution is 2.35. The van der Waals surface area contributed by atoms with E-state index in [0.717, 1.165) is 5.56 Å². The van der Waals surface area contributed by atoms with Gasteiger partial charge in [0.05, 0.1) is 16.3 Å². The average Bonchev–Trinajstić information content (AvgIpc) is 3.10. The van der Waals surface area contributed by atoms with E-state index in [-0.39, 0.29) is 15.5 Å². The van der Waals surface area contributed by atoms with Crippen molar-refractivity contribution in [3.63, 3.8) is 0 Å². The van der Waals surface area contributed by atoms with Gasteiger partial charge in [-0.1, -0.05) is 29.8 Å². The lowest BCUT2D eigenvalue weighted by Crippen LogP contribution is -2.42. The molecule has 0 saturated carbocycles. The molecule has 2 aromatic carbocycles. The summed E-state index contributed by atoms with van der Waals surface area (Å²) in [4.78, 5) is 24.0. The van der Waals surface area contributed by atoms with Crippen molar-refractivity contribution in [2.45, 2.75) is 37.6 Å². The topological polar surface area (TPSA) is 92.8 Å². The van der Waals surface area contributed by atoms with Crippen LogP contribution in [0.2, 0.25) is 5.02 Å². The second-order valence-electron chi connectivity index (χ2n) is 7.98. The van der Waals surface area contributed by atoms with Gasteiger partial charge in [0.15, 0.2) is 6.61 Å². The standard InChI is InChI=1S/C21H23ClN2O5S/c1-21(2,3)23-19(25)13-29-20(26)15-8-9-16(22)18(12-15)30(27,28)24-11-10-14-6-4-5-7-17(14)24/h4-9,12H,10-11,13H2,1-3H3,(H,23,25). The summed E-state index contributed by atoms with van der Waals surface area (Å²) in [5.41, 5.74) is 1.06. The maximum atomic E-state index is 13.2. The van der Waals surface area contributed by atoms with E-state index in [9.17, 15) is 18.0 Å². The number of fused-ring (bicyclic) bond motifs is 1. The number of carbonyl (C=O) groups is 2. The van der Waals surface area contributed by atoms with E-state index >= 15 is 0 Å². The summed E-state index contributed by atoms with van der Waals surface area (Å²) < 4.78 is 32.8. The number of para-hydroxylation sites is 1. The number of nitrogens with zero attached hydrogens (tertiary/aromatic N) is 1. The van der Waals surface area contributed by atoms with Crippen LogP contribution in [-0.4, -0.2) is 39.0 Å². The molecule has 7 nitrogen and oxygen atoms in total. The molecule has 1 aliphatic rings. The highest BCUT2D eigenvalue weighted by Gasteiger charge is 2.32. The van der Waals surface area contributed by atoms with Gasteiger partial charge >= 0.3 is 5.97 Å². The number of anilines is 1. The Morgan fingerprint density at radius 1 is 1.17 bits per heavy atom. The second-order valence-corrected chi connectivity index (χ2v) is 10.2. The molecule has 1 aliphatic heterocycles. The van der Waals surface area contributed by atoms with Gasteiger partial charge < -0.3 is 10.1 Å². The molecule has 1 N–H and O–H groups in total. The first-order chi connectivity index (χ1) is 14.0. The Bertz CT molecular complexity index is 1090. The number of benzene rings is 2. The van der Waals surface area contributed by atoms with Crippen LogP contribution < -0.4 is 9.62 Å². The first-order valence-electron chi connectivity index (χ1n) is 9.37. The predicted octanol–water partition coefficient (Wildman–Crippen LogP) is 3.16. The summed E-state index contributed by atoms with van der Waals surface area (Å²) in [6, 6.07) is 11.1. The number of ether oxygens (including phenoxy) is 1. The van der Waals surface area contributed by atoms with Crippen LogP contribution in [0.5, 0.6) is 0 Å². The lowest BCUT2D eigenvalue weighted by molar-refractivity contribution is -0.125. The van der Waals surface area contributed by atoms with Crippen LogP contribution in [0.4, 0.5) is 5.69 Å². The zero-order chi connectivity index (χ0) is 22.1. The van der Waals surface area contributed by atoms with E-state index in [4.69, 9.17) is 16.3 Å². The largest absolute Gasteiger partial charge is 0.452 e. The number of sulfonamides is 1. The molecule has 0 aromatic heterocycles.